The van der Waals surface area contributed by atoms with Crippen molar-refractivity contribution in [2.45, 2.75) is 13.8 Å². The van der Waals surface area contributed by atoms with Gasteiger partial charge in [-0.3, -0.25) is 4.98 Å². The highest BCUT2D eigenvalue weighted by molar-refractivity contribution is 5.12. The predicted molar refractivity (Wildman–Crippen MR) is 33.7 cm³/mol. The summed E-state index contributed by atoms with van der Waals surface area (Å²) >= 11 is 0. The molecule has 0 aromatic carbocycles. The molecule has 0 atom stereocenters. The molecule has 1 aromatic heterocycles. The number of aryl methyl sites for hydroxylation is 1. The van der Waals surface area contributed by atoms with E-state index in [1.54, 1.807) is 13.8 Å². The fourth-order valence-electron chi connectivity index (χ4n) is 0.526. The minimum absolute atomic E-state index is 0.0454. The van der Waals surface area contributed by atoms with Crippen LogP contribution in [0.5, 0.6) is 0 Å². The van der Waals surface area contributed by atoms with Gasteiger partial charge in [0, 0.05) is 11.9 Å². The summed E-state index contributed by atoms with van der Waals surface area (Å²) in [6, 6.07) is 0.326. The fourth-order valence-corrected chi connectivity index (χ4v) is 0.526. The molecule has 0 unspecified atom stereocenters. The molecule has 0 bridgehead atoms. The van der Waals surface area contributed by atoms with Crippen molar-refractivity contribution >= 4 is 0 Å². The average Bonchev–Trinajstić information content (AvgIpc) is 1.97. The van der Waals surface area contributed by atoms with Crippen molar-refractivity contribution in [3.8, 4) is 0 Å². The zero-order valence-corrected chi connectivity index (χ0v) is 4.95. The minimum Gasteiger partial charge on any atom is -0.262 e. The van der Waals surface area contributed by atoms with Gasteiger partial charge in [0.05, 0.1) is 4.11 Å². The highest BCUT2D eigenvalue weighted by Crippen LogP contribution is 1.95. The van der Waals surface area contributed by atoms with Crippen LogP contribution in [-0.4, -0.2) is 4.98 Å². The maximum atomic E-state index is 7.42. The molecule has 1 heterocycles. The molecule has 0 aliphatic carbocycles. The van der Waals surface area contributed by atoms with Gasteiger partial charge in [0.15, 0.2) is 0 Å². The van der Waals surface area contributed by atoms with E-state index in [0.29, 0.717) is 11.3 Å². The van der Waals surface area contributed by atoms with Crippen molar-refractivity contribution in [2.75, 3.05) is 0 Å². The van der Waals surface area contributed by atoms with Gasteiger partial charge in [0.2, 0.25) is 0 Å². The Hall–Kier alpha value is -0.850. The summed E-state index contributed by atoms with van der Waals surface area (Å²) in [4.78, 5) is 3.73. The molecule has 0 saturated carbocycles. The van der Waals surface area contributed by atoms with E-state index in [4.69, 9.17) is 4.11 Å². The van der Waals surface area contributed by atoms with E-state index in [9.17, 15) is 0 Å². The van der Waals surface area contributed by atoms with E-state index in [1.165, 1.54) is 0 Å². The lowest BCUT2D eigenvalue weighted by molar-refractivity contribution is 1.18. The van der Waals surface area contributed by atoms with Gasteiger partial charge >= 0.3 is 0 Å². The molecule has 1 heteroatoms. The van der Waals surface area contributed by atoms with Crippen LogP contribution in [0.3, 0.4) is 0 Å². The van der Waals surface area contributed by atoms with Crippen LogP contribution in [0, 0.1) is 13.8 Å². The lowest BCUT2D eigenvalue weighted by atomic mass is 10.3. The summed E-state index contributed by atoms with van der Waals surface area (Å²) in [5.74, 6) is 0. The first kappa shape index (κ1) is 2.62. The molecule has 1 rings (SSSR count). The molecule has 0 aliphatic heterocycles. The van der Waals surface area contributed by atoms with E-state index in [0.717, 1.165) is 0 Å². The third-order valence-electron chi connectivity index (χ3n) is 0.835. The molecular weight excluding hydrogens is 98.1 g/mol. The maximum Gasteiger partial charge on any atom is 0.0840 e. The number of hydrogen-bond acceptors (Lipinski definition) is 1. The third kappa shape index (κ3) is 1.06. The van der Waals surface area contributed by atoms with Gasteiger partial charge in [-0.2, -0.15) is 0 Å². The van der Waals surface area contributed by atoms with Crippen LogP contribution in [0.15, 0.2) is 18.3 Å². The number of nitrogens with zero attached hydrogens (tertiary/aromatic N) is 1. The van der Waals surface area contributed by atoms with Gasteiger partial charge in [-0.1, -0.05) is 0 Å². The van der Waals surface area contributed by atoms with Crippen molar-refractivity contribution in [3.05, 3.63) is 29.5 Å². The third-order valence-corrected chi connectivity index (χ3v) is 0.835. The Labute approximate surface area is 53.6 Å². The van der Waals surface area contributed by atoms with Crippen molar-refractivity contribution in [2.24, 2.45) is 0 Å². The molecule has 0 radical (unpaired) electrons. The molecule has 0 saturated heterocycles. The van der Waals surface area contributed by atoms with Crippen molar-refractivity contribution < 1.29 is 4.11 Å². The fraction of sp³-hybridized carbons (Fsp3) is 0.286. The van der Waals surface area contributed by atoms with Gasteiger partial charge < -0.3 is 0 Å². The number of rotatable bonds is 0. The molecule has 0 aliphatic rings. The number of pyridine rings is 1. The zero-order valence-electron chi connectivity index (χ0n) is 7.95. The quantitative estimate of drug-likeness (QED) is 0.495. The summed E-state index contributed by atoms with van der Waals surface area (Å²) in [7, 11) is 0. The molecule has 1 aromatic rings. The predicted octanol–water partition coefficient (Wildman–Crippen LogP) is 1.70. The smallest absolute Gasteiger partial charge is 0.0840 e. The highest BCUT2D eigenvalue weighted by atomic mass is 14.6. The van der Waals surface area contributed by atoms with Crippen LogP contribution < -0.4 is 0 Å². The zero-order chi connectivity index (χ0) is 8.59. The summed E-state index contributed by atoms with van der Waals surface area (Å²) < 4.78 is 21.9. The van der Waals surface area contributed by atoms with E-state index in [-0.39, 0.29) is 18.3 Å². The lowest BCUT2D eigenvalue weighted by Crippen LogP contribution is -1.78. The molecule has 42 valence electrons. The van der Waals surface area contributed by atoms with Crippen LogP contribution in [0.1, 0.15) is 15.4 Å². The summed E-state index contributed by atoms with van der Waals surface area (Å²) in [5.41, 5.74) is 1.05. The van der Waals surface area contributed by atoms with E-state index >= 15 is 0 Å². The normalized spacial score (nSPS) is 14.5. The Kier molecular flexibility index (Phi) is 0.639. The maximum absolute atomic E-state index is 7.42. The van der Waals surface area contributed by atoms with Crippen LogP contribution in [0.25, 0.3) is 0 Å². The first-order chi connectivity index (χ1) is 5.04. The van der Waals surface area contributed by atoms with Crippen LogP contribution in [-0.2, 0) is 0 Å². The molecular formula is C7H9N. The first-order valence-corrected chi connectivity index (χ1v) is 2.45. The van der Waals surface area contributed by atoms with Crippen LogP contribution in [0.4, 0.5) is 0 Å². The Bertz CT molecular complexity index is 270. The monoisotopic (exact) mass is 110 g/mol. The summed E-state index contributed by atoms with van der Waals surface area (Å²) in [5, 5.41) is 0. The molecule has 0 fully saturated rings. The van der Waals surface area contributed by atoms with E-state index in [2.05, 4.69) is 4.98 Å². The second-order valence-corrected chi connectivity index (χ2v) is 1.68. The molecule has 1 nitrogen and oxygen atoms in total. The van der Waals surface area contributed by atoms with Crippen molar-refractivity contribution in [1.29, 1.82) is 0 Å². The van der Waals surface area contributed by atoms with Crippen molar-refractivity contribution in [3.63, 3.8) is 0 Å². The number of aromatic nitrogens is 1. The number of hydrogen-bond donors (Lipinski definition) is 0. The van der Waals surface area contributed by atoms with Crippen molar-refractivity contribution in [1.82, 2.24) is 4.98 Å². The Morgan fingerprint density at radius 2 is 2.38 bits per heavy atom. The molecule has 8 heavy (non-hydrogen) atoms. The van der Waals surface area contributed by atoms with E-state index in [1.807, 2.05) is 0 Å². The van der Waals surface area contributed by atoms with Gasteiger partial charge in [-0.25, -0.2) is 0 Å². The molecule has 0 N–H and O–H groups in total. The summed E-state index contributed by atoms with van der Waals surface area (Å²) in [6.07, 6.45) is -0.0454. The minimum atomic E-state index is -0.0454. The topological polar surface area (TPSA) is 12.9 Å². The lowest BCUT2D eigenvalue weighted by Gasteiger charge is -1.90. The average molecular weight is 110 g/mol. The Balaban J connectivity index is 3.46. The van der Waals surface area contributed by atoms with Crippen LogP contribution in [0.2, 0.25) is 0 Å². The Morgan fingerprint density at radius 3 is 3.12 bits per heavy atom. The van der Waals surface area contributed by atoms with E-state index < -0.39 is 0 Å². The second kappa shape index (κ2) is 1.95. The molecule has 0 spiro atoms. The van der Waals surface area contributed by atoms with Crippen LogP contribution >= 0.6 is 0 Å². The largest absolute Gasteiger partial charge is 0.262 e. The van der Waals surface area contributed by atoms with Gasteiger partial charge in [0.25, 0.3) is 0 Å². The Morgan fingerprint density at radius 1 is 1.62 bits per heavy atom. The summed E-state index contributed by atoms with van der Waals surface area (Å²) in [6.45, 7) is 3.34. The van der Waals surface area contributed by atoms with Gasteiger partial charge in [0.1, 0.15) is 0 Å². The van der Waals surface area contributed by atoms with Gasteiger partial charge in [-0.15, -0.1) is 0 Å². The molecule has 0 amide bonds. The van der Waals surface area contributed by atoms with Gasteiger partial charge in [-0.05, 0) is 31.5 Å². The highest BCUT2D eigenvalue weighted by Gasteiger charge is 1.82. The second-order valence-electron chi connectivity index (χ2n) is 1.68. The standard InChI is InChI=1S/C7H9N/c1-6-3-4-8-7(2)5-6/h3-5H,1-2H3/i3D,4D,5D. The SMILES string of the molecule is [2H]c1nc(C)c([2H])c(C)c1[2H]. The first-order valence-electron chi connectivity index (χ1n) is 3.95.